The number of amides is 2. The summed E-state index contributed by atoms with van der Waals surface area (Å²) >= 11 is 5.99. The summed E-state index contributed by atoms with van der Waals surface area (Å²) in [5, 5.41) is 0.566. The van der Waals surface area contributed by atoms with Crippen LogP contribution in [0.3, 0.4) is 0 Å². The van der Waals surface area contributed by atoms with Crippen LogP contribution in [-0.4, -0.2) is 70.8 Å². The van der Waals surface area contributed by atoms with Crippen molar-refractivity contribution in [3.8, 4) is 0 Å². The van der Waals surface area contributed by atoms with Crippen molar-refractivity contribution in [2.45, 2.75) is 52.7 Å². The summed E-state index contributed by atoms with van der Waals surface area (Å²) in [4.78, 5) is 31.5. The molecule has 1 fully saturated rings. The first kappa shape index (κ1) is 20.7. The summed E-state index contributed by atoms with van der Waals surface area (Å²) in [6, 6.07) is 7.22. The Morgan fingerprint density at radius 1 is 1.00 bits per heavy atom. The van der Waals surface area contributed by atoms with Gasteiger partial charge in [-0.25, -0.2) is 0 Å². The molecule has 1 saturated heterocycles. The first-order valence-electron chi connectivity index (χ1n) is 9.33. The van der Waals surface area contributed by atoms with Crippen molar-refractivity contribution >= 4 is 23.4 Å². The third-order valence-electron chi connectivity index (χ3n) is 4.95. The van der Waals surface area contributed by atoms with Crippen LogP contribution in [0.2, 0.25) is 5.02 Å². The highest BCUT2D eigenvalue weighted by molar-refractivity contribution is 6.30. The summed E-state index contributed by atoms with van der Waals surface area (Å²) in [6.45, 7) is 12.8. The maximum atomic E-state index is 12.9. The van der Waals surface area contributed by atoms with Gasteiger partial charge in [-0.15, -0.1) is 0 Å². The summed E-state index contributed by atoms with van der Waals surface area (Å²) in [5.41, 5.74) is 0.612. The zero-order valence-corrected chi connectivity index (χ0v) is 17.2. The number of nitrogens with zero attached hydrogens (tertiary/aromatic N) is 3. The number of halogens is 1. The fourth-order valence-corrected chi connectivity index (χ4v) is 3.78. The summed E-state index contributed by atoms with van der Waals surface area (Å²) in [5.74, 6) is 0.154. The van der Waals surface area contributed by atoms with Gasteiger partial charge in [0.1, 0.15) is 0 Å². The SMILES string of the molecule is CC(C(=O)N(C(C)C)C(C)C)N1CCN(C(=O)c2cccc(Cl)c2)CC1. The normalized spacial score (nSPS) is 16.8. The minimum atomic E-state index is -0.178. The van der Waals surface area contributed by atoms with Crippen LogP contribution in [-0.2, 0) is 4.79 Å². The Balaban J connectivity index is 1.97. The van der Waals surface area contributed by atoms with Gasteiger partial charge in [0.05, 0.1) is 6.04 Å². The molecule has 0 aromatic heterocycles. The summed E-state index contributed by atoms with van der Waals surface area (Å²) in [7, 11) is 0. The summed E-state index contributed by atoms with van der Waals surface area (Å²) in [6.07, 6.45) is 0. The van der Waals surface area contributed by atoms with E-state index in [9.17, 15) is 9.59 Å². The van der Waals surface area contributed by atoms with E-state index in [1.807, 2.05) is 44.4 Å². The number of rotatable bonds is 5. The Bertz CT molecular complexity index is 632. The van der Waals surface area contributed by atoms with Crippen molar-refractivity contribution in [2.24, 2.45) is 0 Å². The average molecular weight is 380 g/mol. The number of hydrogen-bond acceptors (Lipinski definition) is 3. The Hall–Kier alpha value is -1.59. The van der Waals surface area contributed by atoms with Gasteiger partial charge < -0.3 is 9.80 Å². The molecule has 1 atom stereocenters. The second-order valence-corrected chi connectivity index (χ2v) is 7.88. The van der Waals surface area contributed by atoms with Crippen LogP contribution in [0.15, 0.2) is 24.3 Å². The molecule has 1 heterocycles. The van der Waals surface area contributed by atoms with Crippen LogP contribution in [0.4, 0.5) is 0 Å². The van der Waals surface area contributed by atoms with Gasteiger partial charge in [-0.3, -0.25) is 14.5 Å². The standard InChI is InChI=1S/C20H30ClN3O2/c1-14(2)24(15(3)4)19(25)16(5)22-9-11-23(12-10-22)20(26)17-7-6-8-18(21)13-17/h6-8,13-16H,9-12H2,1-5H3. The van der Waals surface area contributed by atoms with Gasteiger partial charge in [0.2, 0.25) is 5.91 Å². The highest BCUT2D eigenvalue weighted by atomic mass is 35.5. The van der Waals surface area contributed by atoms with E-state index in [4.69, 9.17) is 11.6 Å². The van der Waals surface area contributed by atoms with E-state index in [2.05, 4.69) is 4.90 Å². The van der Waals surface area contributed by atoms with Crippen LogP contribution < -0.4 is 0 Å². The van der Waals surface area contributed by atoms with E-state index in [0.717, 1.165) is 0 Å². The van der Waals surface area contributed by atoms with Gasteiger partial charge in [-0.1, -0.05) is 17.7 Å². The number of benzene rings is 1. The number of piperazine rings is 1. The van der Waals surface area contributed by atoms with Gasteiger partial charge in [0.25, 0.3) is 5.91 Å². The molecule has 1 aliphatic rings. The molecule has 0 spiro atoms. The molecule has 2 amide bonds. The molecule has 6 heteroatoms. The van der Waals surface area contributed by atoms with Crippen LogP contribution in [0.5, 0.6) is 0 Å². The van der Waals surface area contributed by atoms with Crippen molar-refractivity contribution in [3.05, 3.63) is 34.9 Å². The van der Waals surface area contributed by atoms with Crippen LogP contribution >= 0.6 is 11.6 Å². The van der Waals surface area contributed by atoms with E-state index in [1.54, 1.807) is 24.3 Å². The second kappa shape index (κ2) is 8.87. The molecule has 0 N–H and O–H groups in total. The Labute approximate surface area is 161 Å². The third kappa shape index (κ3) is 4.77. The fraction of sp³-hybridized carbons (Fsp3) is 0.600. The van der Waals surface area contributed by atoms with E-state index >= 15 is 0 Å². The van der Waals surface area contributed by atoms with Gasteiger partial charge >= 0.3 is 0 Å². The maximum absolute atomic E-state index is 12.9. The predicted octanol–water partition coefficient (Wildman–Crippen LogP) is 3.13. The fourth-order valence-electron chi connectivity index (χ4n) is 3.59. The van der Waals surface area contributed by atoms with Crippen molar-refractivity contribution in [2.75, 3.05) is 26.2 Å². The predicted molar refractivity (Wildman–Crippen MR) is 106 cm³/mol. The molecule has 2 rings (SSSR count). The van der Waals surface area contributed by atoms with Crippen molar-refractivity contribution in [1.82, 2.24) is 14.7 Å². The first-order chi connectivity index (χ1) is 12.2. The molecule has 1 aliphatic heterocycles. The maximum Gasteiger partial charge on any atom is 0.253 e. The average Bonchev–Trinajstić information content (AvgIpc) is 2.60. The Morgan fingerprint density at radius 2 is 1.58 bits per heavy atom. The van der Waals surface area contributed by atoms with Crippen LogP contribution in [0, 0.1) is 0 Å². The molecule has 26 heavy (non-hydrogen) atoms. The van der Waals surface area contributed by atoms with Crippen LogP contribution in [0.25, 0.3) is 0 Å². The molecule has 1 unspecified atom stereocenters. The molecule has 1 aromatic rings. The largest absolute Gasteiger partial charge is 0.336 e. The molecule has 144 valence electrons. The molecule has 1 aromatic carbocycles. The Kier molecular flexibility index (Phi) is 7.07. The van der Waals surface area contributed by atoms with Gasteiger partial charge in [0.15, 0.2) is 0 Å². The van der Waals surface area contributed by atoms with Gasteiger partial charge in [-0.2, -0.15) is 0 Å². The van der Waals surface area contributed by atoms with Crippen molar-refractivity contribution in [3.63, 3.8) is 0 Å². The molecule has 5 nitrogen and oxygen atoms in total. The van der Waals surface area contributed by atoms with Crippen molar-refractivity contribution in [1.29, 1.82) is 0 Å². The van der Waals surface area contributed by atoms with E-state index < -0.39 is 0 Å². The lowest BCUT2D eigenvalue weighted by molar-refractivity contribution is -0.140. The van der Waals surface area contributed by atoms with E-state index in [0.29, 0.717) is 36.8 Å². The van der Waals surface area contributed by atoms with Crippen molar-refractivity contribution < 1.29 is 9.59 Å². The lowest BCUT2D eigenvalue weighted by atomic mass is 10.1. The number of carbonyl (C=O) groups excluding carboxylic acids is 2. The molecular formula is C20H30ClN3O2. The molecular weight excluding hydrogens is 350 g/mol. The highest BCUT2D eigenvalue weighted by Gasteiger charge is 2.32. The lowest BCUT2D eigenvalue weighted by Gasteiger charge is -2.40. The van der Waals surface area contributed by atoms with E-state index in [1.165, 1.54) is 0 Å². The molecule has 0 aliphatic carbocycles. The topological polar surface area (TPSA) is 43.9 Å². The first-order valence-corrected chi connectivity index (χ1v) is 9.71. The Morgan fingerprint density at radius 3 is 2.08 bits per heavy atom. The van der Waals surface area contributed by atoms with Gasteiger partial charge in [-0.05, 0) is 52.8 Å². The third-order valence-corrected chi connectivity index (χ3v) is 5.18. The highest BCUT2D eigenvalue weighted by Crippen LogP contribution is 2.17. The minimum absolute atomic E-state index is 0.00267. The summed E-state index contributed by atoms with van der Waals surface area (Å²) < 4.78 is 0. The quantitative estimate of drug-likeness (QED) is 0.789. The smallest absolute Gasteiger partial charge is 0.253 e. The van der Waals surface area contributed by atoms with E-state index in [-0.39, 0.29) is 29.9 Å². The zero-order valence-electron chi connectivity index (χ0n) is 16.4. The molecule has 0 bridgehead atoms. The van der Waals surface area contributed by atoms with Crippen LogP contribution in [0.1, 0.15) is 45.0 Å². The lowest BCUT2D eigenvalue weighted by Crippen LogP contribution is -2.57. The number of hydrogen-bond donors (Lipinski definition) is 0. The molecule has 0 radical (unpaired) electrons. The molecule has 0 saturated carbocycles. The zero-order chi connectivity index (χ0) is 19.4. The number of carbonyl (C=O) groups is 2. The minimum Gasteiger partial charge on any atom is -0.336 e. The van der Waals surface area contributed by atoms with Gasteiger partial charge in [0, 0.05) is 48.8 Å². The second-order valence-electron chi connectivity index (χ2n) is 7.45. The monoisotopic (exact) mass is 379 g/mol.